The molecule has 0 unspecified atom stereocenters. The Morgan fingerprint density at radius 2 is 1.81 bits per heavy atom. The lowest BCUT2D eigenvalue weighted by Crippen LogP contribution is -2.03. The highest BCUT2D eigenvalue weighted by Gasteiger charge is 2.17. The molecule has 0 radical (unpaired) electrons. The lowest BCUT2D eigenvalue weighted by atomic mass is 10.1. The van der Waals surface area contributed by atoms with Gasteiger partial charge in [-0.1, -0.05) is 23.7 Å². The Bertz CT molecular complexity index is 1370. The fourth-order valence-corrected chi connectivity index (χ4v) is 3.99. The van der Waals surface area contributed by atoms with E-state index in [1.807, 2.05) is 54.3 Å². The molecule has 0 amide bonds. The fraction of sp³-hybridized carbons (Fsp3) is 0.125. The third-order valence-electron chi connectivity index (χ3n) is 5.26. The zero-order valence-corrected chi connectivity index (χ0v) is 17.8. The van der Waals surface area contributed by atoms with E-state index >= 15 is 0 Å². The number of nitrogens with zero attached hydrogens (tertiary/aromatic N) is 5. The average molecular weight is 429 g/mol. The summed E-state index contributed by atoms with van der Waals surface area (Å²) < 4.78 is 3.90. The summed E-state index contributed by atoms with van der Waals surface area (Å²) in [5, 5.41) is 5.07. The molecule has 3 heterocycles. The Hall–Kier alpha value is -3.48. The molecule has 2 aromatic carbocycles. The SMILES string of the molecule is Cc1ccn(-c2ccc(-c3nc4ccncc4n3-c3ccc(CCN)cc3)c(Cl)c2)n1. The number of halogens is 1. The van der Waals surface area contributed by atoms with E-state index in [9.17, 15) is 0 Å². The molecule has 31 heavy (non-hydrogen) atoms. The monoisotopic (exact) mass is 428 g/mol. The van der Waals surface area contributed by atoms with Crippen molar-refractivity contribution in [2.24, 2.45) is 5.73 Å². The van der Waals surface area contributed by atoms with Crippen LogP contribution in [0.3, 0.4) is 0 Å². The standard InChI is InChI=1S/C24H21ClN6/c1-16-10-13-30(29-16)19-6-7-20(21(25)14-19)24-28-22-9-12-27-15-23(22)31(24)18-4-2-17(3-5-18)8-11-26/h2-7,9-10,12-15H,8,11,26H2,1H3. The van der Waals surface area contributed by atoms with Crippen LogP contribution in [0, 0.1) is 6.92 Å². The second-order valence-corrected chi connectivity index (χ2v) is 7.81. The summed E-state index contributed by atoms with van der Waals surface area (Å²) >= 11 is 6.75. The molecule has 0 bridgehead atoms. The van der Waals surface area contributed by atoms with Gasteiger partial charge in [0.05, 0.1) is 33.6 Å². The molecule has 5 aromatic rings. The minimum absolute atomic E-state index is 0.606. The number of imidazole rings is 1. The number of pyridine rings is 1. The summed E-state index contributed by atoms with van der Waals surface area (Å²) in [5.41, 5.74) is 12.4. The van der Waals surface area contributed by atoms with Crippen molar-refractivity contribution in [1.29, 1.82) is 0 Å². The van der Waals surface area contributed by atoms with Gasteiger partial charge in [0.15, 0.2) is 0 Å². The van der Waals surface area contributed by atoms with Crippen molar-refractivity contribution in [2.45, 2.75) is 13.3 Å². The third-order valence-corrected chi connectivity index (χ3v) is 5.58. The van der Waals surface area contributed by atoms with Gasteiger partial charge in [0.2, 0.25) is 0 Å². The van der Waals surface area contributed by atoms with Crippen LogP contribution in [0.15, 0.2) is 73.2 Å². The molecule has 7 heteroatoms. The number of fused-ring (bicyclic) bond motifs is 1. The highest BCUT2D eigenvalue weighted by atomic mass is 35.5. The van der Waals surface area contributed by atoms with Crippen LogP contribution in [0.5, 0.6) is 0 Å². The van der Waals surface area contributed by atoms with Crippen molar-refractivity contribution in [1.82, 2.24) is 24.3 Å². The van der Waals surface area contributed by atoms with E-state index in [1.165, 1.54) is 5.56 Å². The smallest absolute Gasteiger partial charge is 0.147 e. The minimum Gasteiger partial charge on any atom is -0.330 e. The number of rotatable bonds is 5. The van der Waals surface area contributed by atoms with Crippen LogP contribution >= 0.6 is 11.6 Å². The van der Waals surface area contributed by atoms with Crippen molar-refractivity contribution in [3.63, 3.8) is 0 Å². The van der Waals surface area contributed by atoms with E-state index in [-0.39, 0.29) is 0 Å². The molecule has 0 aliphatic carbocycles. The Kier molecular flexibility index (Phi) is 5.02. The van der Waals surface area contributed by atoms with Crippen molar-refractivity contribution in [2.75, 3.05) is 6.54 Å². The molecule has 0 saturated heterocycles. The first-order chi connectivity index (χ1) is 15.1. The molecule has 3 aromatic heterocycles. The van der Waals surface area contributed by atoms with Gasteiger partial charge in [-0.2, -0.15) is 5.10 Å². The predicted molar refractivity (Wildman–Crippen MR) is 124 cm³/mol. The van der Waals surface area contributed by atoms with Crippen LogP contribution in [0.1, 0.15) is 11.3 Å². The van der Waals surface area contributed by atoms with Crippen molar-refractivity contribution in [3.8, 4) is 22.8 Å². The molecule has 6 nitrogen and oxygen atoms in total. The highest BCUT2D eigenvalue weighted by molar-refractivity contribution is 6.33. The Morgan fingerprint density at radius 1 is 1.00 bits per heavy atom. The lowest BCUT2D eigenvalue weighted by molar-refractivity contribution is 0.862. The molecule has 154 valence electrons. The highest BCUT2D eigenvalue weighted by Crippen LogP contribution is 2.33. The van der Waals surface area contributed by atoms with Gasteiger partial charge in [0.1, 0.15) is 5.82 Å². The zero-order valence-electron chi connectivity index (χ0n) is 17.0. The number of hydrogen-bond acceptors (Lipinski definition) is 4. The molecule has 0 fully saturated rings. The topological polar surface area (TPSA) is 74.5 Å². The van der Waals surface area contributed by atoms with Crippen LogP contribution in [0.25, 0.3) is 33.8 Å². The maximum atomic E-state index is 6.75. The minimum atomic E-state index is 0.606. The van der Waals surface area contributed by atoms with Gasteiger partial charge in [-0.25, -0.2) is 9.67 Å². The van der Waals surface area contributed by atoms with Gasteiger partial charge in [0, 0.05) is 23.6 Å². The van der Waals surface area contributed by atoms with Gasteiger partial charge in [0.25, 0.3) is 0 Å². The van der Waals surface area contributed by atoms with E-state index in [4.69, 9.17) is 22.3 Å². The normalized spacial score (nSPS) is 11.3. The van der Waals surface area contributed by atoms with Gasteiger partial charge in [-0.05, 0) is 67.9 Å². The Balaban J connectivity index is 1.66. The van der Waals surface area contributed by atoms with Crippen LogP contribution in [-0.4, -0.2) is 30.9 Å². The summed E-state index contributed by atoms with van der Waals surface area (Å²) in [6, 6.07) is 18.1. The average Bonchev–Trinajstić information content (AvgIpc) is 3.38. The molecule has 0 aliphatic heterocycles. The molecule has 0 spiro atoms. The van der Waals surface area contributed by atoms with Gasteiger partial charge in [-0.15, -0.1) is 0 Å². The maximum absolute atomic E-state index is 6.75. The van der Waals surface area contributed by atoms with E-state index in [1.54, 1.807) is 6.20 Å². The van der Waals surface area contributed by atoms with Crippen LogP contribution in [-0.2, 0) is 6.42 Å². The number of aromatic nitrogens is 5. The molecule has 5 rings (SSSR count). The van der Waals surface area contributed by atoms with Crippen LogP contribution in [0.2, 0.25) is 5.02 Å². The van der Waals surface area contributed by atoms with E-state index in [0.29, 0.717) is 11.6 Å². The molecular formula is C24H21ClN6. The number of nitrogens with two attached hydrogens (primary N) is 1. The molecule has 0 atom stereocenters. The zero-order chi connectivity index (χ0) is 21.4. The van der Waals surface area contributed by atoms with Crippen molar-refractivity contribution < 1.29 is 0 Å². The van der Waals surface area contributed by atoms with Gasteiger partial charge in [-0.3, -0.25) is 9.55 Å². The fourth-order valence-electron chi connectivity index (χ4n) is 3.73. The maximum Gasteiger partial charge on any atom is 0.147 e. The van der Waals surface area contributed by atoms with Crippen LogP contribution in [0.4, 0.5) is 0 Å². The van der Waals surface area contributed by atoms with E-state index in [0.717, 1.165) is 45.9 Å². The summed E-state index contributed by atoms with van der Waals surface area (Å²) in [6.45, 7) is 2.59. The second kappa shape index (κ2) is 7.98. The number of benzene rings is 2. The first kappa shape index (κ1) is 19.5. The molecule has 0 aliphatic rings. The Labute approximate surface area is 184 Å². The van der Waals surface area contributed by atoms with E-state index in [2.05, 4.69) is 38.9 Å². The first-order valence-corrected chi connectivity index (χ1v) is 10.5. The number of hydrogen-bond donors (Lipinski definition) is 1. The second-order valence-electron chi connectivity index (χ2n) is 7.41. The first-order valence-electron chi connectivity index (χ1n) is 10.1. The van der Waals surface area contributed by atoms with Crippen LogP contribution < -0.4 is 5.73 Å². The predicted octanol–water partition coefficient (Wildman–Crippen LogP) is 4.74. The summed E-state index contributed by atoms with van der Waals surface area (Å²) in [6.07, 6.45) is 6.34. The van der Waals surface area contributed by atoms with Gasteiger partial charge < -0.3 is 5.73 Å². The van der Waals surface area contributed by atoms with Gasteiger partial charge >= 0.3 is 0 Å². The Morgan fingerprint density at radius 3 is 2.52 bits per heavy atom. The molecule has 2 N–H and O–H groups in total. The summed E-state index contributed by atoms with van der Waals surface area (Å²) in [5.74, 6) is 0.766. The summed E-state index contributed by atoms with van der Waals surface area (Å²) in [4.78, 5) is 9.19. The molecule has 0 saturated carbocycles. The van der Waals surface area contributed by atoms with Crippen molar-refractivity contribution in [3.05, 3.63) is 89.5 Å². The van der Waals surface area contributed by atoms with E-state index < -0.39 is 0 Å². The number of aryl methyl sites for hydroxylation is 1. The lowest BCUT2D eigenvalue weighted by Gasteiger charge is -2.12. The largest absolute Gasteiger partial charge is 0.330 e. The third kappa shape index (κ3) is 3.60. The quantitative estimate of drug-likeness (QED) is 0.439. The van der Waals surface area contributed by atoms with Crippen molar-refractivity contribution >= 4 is 22.6 Å². The molecular weight excluding hydrogens is 408 g/mol. The summed E-state index contributed by atoms with van der Waals surface area (Å²) in [7, 11) is 0.